The summed E-state index contributed by atoms with van der Waals surface area (Å²) in [7, 11) is 1.15. The minimum Gasteiger partial charge on any atom is -0.511 e. The number of aliphatic hydroxyl groups is 4. The molecule has 5 saturated heterocycles. The Labute approximate surface area is 543 Å². The van der Waals surface area contributed by atoms with Gasteiger partial charge < -0.3 is 82.6 Å². The molecule has 29 atom stereocenters. The van der Waals surface area contributed by atoms with Crippen LogP contribution in [0.2, 0.25) is 0 Å². The van der Waals surface area contributed by atoms with Crippen LogP contribution in [0.15, 0.2) is 58.4 Å². The van der Waals surface area contributed by atoms with Crippen LogP contribution in [0.3, 0.4) is 0 Å². The molecule has 1 spiro atoms. The fraction of sp³-hybridized carbons (Fsp3) is 0.779. The van der Waals surface area contributed by atoms with E-state index in [9.17, 15) is 49.7 Å². The van der Waals surface area contributed by atoms with E-state index >= 15 is 4.79 Å². The Morgan fingerprint density at radius 3 is 2.06 bits per heavy atom. The van der Waals surface area contributed by atoms with Crippen molar-refractivity contribution < 1.29 is 106 Å². The zero-order valence-electron chi connectivity index (χ0n) is 55.7. The fourth-order valence-corrected chi connectivity index (χ4v) is 17.4. The highest BCUT2D eigenvalue weighted by Crippen LogP contribution is 2.61. The number of alkyl carbamates (subject to hydrolysis) is 1. The number of hydrogen-bond acceptors (Lipinski definition) is 23. The summed E-state index contributed by atoms with van der Waals surface area (Å²) in [4.78, 5) is 80.5. The number of Topliss-reactive ketones (excluding diaryl/α,β-unsaturated/α-hetero) is 1. The van der Waals surface area contributed by atoms with Crippen LogP contribution >= 0.6 is 0 Å². The summed E-state index contributed by atoms with van der Waals surface area (Å²) in [5.74, 6) is -6.27. The average Bonchev–Trinajstić information content (AvgIpc) is 1.68. The van der Waals surface area contributed by atoms with Gasteiger partial charge in [0.1, 0.15) is 35.9 Å². The van der Waals surface area contributed by atoms with Crippen LogP contribution in [0.4, 0.5) is 4.79 Å². The summed E-state index contributed by atoms with van der Waals surface area (Å²) < 4.78 is 75.6. The Balaban J connectivity index is 0.904. The molecule has 7 fully saturated rings. The van der Waals surface area contributed by atoms with E-state index in [-0.39, 0.29) is 67.3 Å². The number of hydrogen-bond donors (Lipinski definition) is 5. The van der Waals surface area contributed by atoms with Crippen molar-refractivity contribution in [2.75, 3.05) is 7.11 Å². The first-order valence-electron chi connectivity index (χ1n) is 33.4. The van der Waals surface area contributed by atoms with Gasteiger partial charge in [-0.25, -0.2) is 9.59 Å². The second-order valence-corrected chi connectivity index (χ2v) is 28.8. The molecule has 0 aromatic carbocycles. The van der Waals surface area contributed by atoms with Crippen molar-refractivity contribution in [3.63, 3.8) is 0 Å². The first kappa shape index (κ1) is 70.8. The third-order valence-electron chi connectivity index (χ3n) is 22.2. The minimum atomic E-state index is -2.19. The summed E-state index contributed by atoms with van der Waals surface area (Å²) >= 11 is 0. The maximum atomic E-state index is 15.6. The van der Waals surface area contributed by atoms with Gasteiger partial charge in [-0.15, -0.1) is 0 Å². The molecule has 10 rings (SSSR count). The van der Waals surface area contributed by atoms with Crippen LogP contribution in [0.25, 0.3) is 0 Å². The molecule has 0 aromatic rings. The van der Waals surface area contributed by atoms with Crippen molar-refractivity contribution in [3.8, 4) is 0 Å². The van der Waals surface area contributed by atoms with Crippen LogP contribution < -0.4 is 5.32 Å². The van der Waals surface area contributed by atoms with Gasteiger partial charge in [-0.3, -0.25) is 24.5 Å². The molecule has 93 heavy (non-hydrogen) atoms. The van der Waals surface area contributed by atoms with Crippen molar-refractivity contribution in [3.05, 3.63) is 68.5 Å². The molecular formula is C68H98N2O23. The molecule has 518 valence electrons. The summed E-state index contributed by atoms with van der Waals surface area (Å²) in [6.07, 6.45) is -1.15. The number of nitrogens with one attached hydrogen (secondary N) is 1. The molecule has 0 aromatic heterocycles. The Morgan fingerprint density at radius 2 is 1.41 bits per heavy atom. The van der Waals surface area contributed by atoms with Gasteiger partial charge in [-0.1, -0.05) is 57.6 Å². The molecule has 10 aliphatic rings. The molecule has 1 amide bonds. The largest absolute Gasteiger partial charge is 0.511 e. The second-order valence-electron chi connectivity index (χ2n) is 28.8. The van der Waals surface area contributed by atoms with Crippen molar-refractivity contribution in [1.29, 1.82) is 0 Å². The molecule has 25 heteroatoms. The van der Waals surface area contributed by atoms with Crippen LogP contribution in [-0.2, 0) is 76.0 Å². The van der Waals surface area contributed by atoms with Gasteiger partial charge in [0.15, 0.2) is 36.9 Å². The Hall–Kier alpha value is -5.03. The van der Waals surface area contributed by atoms with Crippen molar-refractivity contribution in [2.24, 2.45) is 46.8 Å². The summed E-state index contributed by atoms with van der Waals surface area (Å²) in [5.41, 5.74) is -4.85. The molecule has 0 radical (unpaired) electrons. The topological polar surface area (TPSA) is 332 Å². The van der Waals surface area contributed by atoms with Gasteiger partial charge in [0.05, 0.1) is 86.6 Å². The van der Waals surface area contributed by atoms with E-state index in [4.69, 9.17) is 56.8 Å². The van der Waals surface area contributed by atoms with Crippen LogP contribution in [0.5, 0.6) is 0 Å². The number of methoxy groups -OCH3 is 1. The van der Waals surface area contributed by atoms with Crippen molar-refractivity contribution in [2.45, 2.75) is 282 Å². The first-order chi connectivity index (χ1) is 43.9. The van der Waals surface area contributed by atoms with Gasteiger partial charge in [-0.05, 0) is 121 Å². The number of fused-ring (bicyclic) bond motifs is 4. The first-order valence-corrected chi connectivity index (χ1v) is 33.4. The quantitative estimate of drug-likeness (QED) is 0.0222. The highest BCUT2D eigenvalue weighted by molar-refractivity contribution is 6.26. The number of allylic oxidation sites excluding steroid dienone is 3. The maximum Gasteiger partial charge on any atom is 0.407 e. The normalized spacial score (nSPS) is 48.2. The van der Waals surface area contributed by atoms with E-state index in [2.05, 4.69) is 32.2 Å². The number of carbonyl (C=O) groups is 5. The summed E-state index contributed by atoms with van der Waals surface area (Å²) in [6, 6.07) is -1.12. The number of aldehydes is 1. The van der Waals surface area contributed by atoms with Gasteiger partial charge in [-0.2, -0.15) is 0 Å². The molecule has 5 aliphatic heterocycles. The van der Waals surface area contributed by atoms with E-state index < -0.39 is 185 Å². The van der Waals surface area contributed by atoms with E-state index in [0.29, 0.717) is 50.4 Å². The third kappa shape index (κ3) is 14.0. The standard InChI is InChI=1S/C68H98N2O23/c1-31-14-19-49(90-55-29-66(11,70(80)81)61(39(9)86-55)69-65(79)82-13)33(3)24-45-47(74)25-41(30-71)28-68(45)63(77)56(64(78)93-68)62(76)67(12)44(31)17-16-43-57(67)34(4)22-35(5)58(43)92-54-27-51(60(38(8)85-54)87-40(10)72)88-42-15-20-50(32(2)23-42)89-53-26-48(75)59(37(7)84-53)91-52-21-18-46(73)36(6)83-52/h14,16-17,24-25,30,32,34-39,42-55,57-61,73-76H,15,18-23,26-29H2,1-13H3,(H,69,79)/b31-14+,33-24+,62-56+/t32-,34+,35+,36+,37+,38+,39-,42+,43+,44+,45-,46-,47+,48-,49+,50?,51-,52+,53+,54+,55+,57-,58?,59?,60+,61+,66+,67-,68?/m1/s1. The number of ketones is 1. The lowest BCUT2D eigenvalue weighted by Crippen LogP contribution is -2.65. The van der Waals surface area contributed by atoms with E-state index in [1.54, 1.807) is 26.8 Å². The zero-order chi connectivity index (χ0) is 67.5. The molecule has 5 aliphatic carbocycles. The van der Waals surface area contributed by atoms with E-state index in [1.165, 1.54) is 19.9 Å². The van der Waals surface area contributed by atoms with Crippen molar-refractivity contribution >= 4 is 30.1 Å². The molecular weight excluding hydrogens is 1210 g/mol. The lowest BCUT2D eigenvalue weighted by Gasteiger charge is -2.56. The summed E-state index contributed by atoms with van der Waals surface area (Å²) in [6.45, 7) is 21.4. The third-order valence-corrected chi connectivity index (χ3v) is 22.2. The van der Waals surface area contributed by atoms with Crippen LogP contribution in [0.1, 0.15) is 154 Å². The zero-order valence-corrected chi connectivity index (χ0v) is 55.7. The number of ether oxygens (including phenoxy) is 12. The SMILES string of the molecule is COC(=O)N[C@H]1[C@@H](C)O[C@@H](O[C@H]2C/C=C(\C)[C@@H]3C=C[C@@H]4C(O[C@H]5C[C@@H](O[C@H]6CCC(O[C@H]7C[C@@H](O)C(O[C@H]8CC[C@@H](O)[C@H](C)O8)[C@H](C)O7)[C@H](C)C6)[C@@H](OC(C)=O)[C@H](C)O5)[C@@H](C)C[C@H](C)[C@H]4[C@]3(C)/C(O)=C3\C(=O)OC4(CC(C=O)=C[C@H](O)[C@H]4/C=C/2C)C3=O)C[C@]1(C)[N+](=O)[O-]. The van der Waals surface area contributed by atoms with E-state index in [0.717, 1.165) is 12.7 Å². The molecule has 2 saturated carbocycles. The van der Waals surface area contributed by atoms with Crippen LogP contribution in [0, 0.1) is 57.0 Å². The molecule has 5 N–H and O–H groups in total. The lowest BCUT2D eigenvalue weighted by molar-refractivity contribution is -0.584. The number of esters is 2. The number of aliphatic hydroxyl groups excluding tert-OH is 4. The smallest absolute Gasteiger partial charge is 0.407 e. The number of nitro groups is 1. The Kier molecular flexibility index (Phi) is 21.5. The predicted molar refractivity (Wildman–Crippen MR) is 328 cm³/mol. The Bertz CT molecular complexity index is 2950. The lowest BCUT2D eigenvalue weighted by atomic mass is 9.49. The molecule has 25 nitrogen and oxygen atoms in total. The van der Waals surface area contributed by atoms with Gasteiger partial charge >= 0.3 is 18.0 Å². The average molecular weight is 1310 g/mol. The fourth-order valence-electron chi connectivity index (χ4n) is 17.4. The highest BCUT2D eigenvalue weighted by atomic mass is 16.7. The second kappa shape index (κ2) is 28.2. The van der Waals surface area contributed by atoms with E-state index in [1.807, 2.05) is 39.8 Å². The number of rotatable bonds is 14. The molecule has 4 unspecified atom stereocenters. The number of nitrogens with zero attached hydrogens (tertiary/aromatic N) is 1. The van der Waals surface area contributed by atoms with Crippen molar-refractivity contribution in [1.82, 2.24) is 5.32 Å². The molecule has 2 bridgehead atoms. The summed E-state index contributed by atoms with van der Waals surface area (Å²) in [5, 5.41) is 62.1. The van der Waals surface area contributed by atoms with Gasteiger partial charge in [0, 0.05) is 61.7 Å². The highest BCUT2D eigenvalue weighted by Gasteiger charge is 2.65. The maximum absolute atomic E-state index is 15.6. The molecule has 5 heterocycles. The van der Waals surface area contributed by atoms with Gasteiger partial charge in [0.2, 0.25) is 11.3 Å². The van der Waals surface area contributed by atoms with Gasteiger partial charge in [0.25, 0.3) is 0 Å². The minimum absolute atomic E-state index is 0.00496. The Morgan fingerprint density at radius 1 is 0.731 bits per heavy atom. The van der Waals surface area contributed by atoms with Crippen LogP contribution in [-0.4, -0.2) is 190 Å². The monoisotopic (exact) mass is 1310 g/mol. The number of carbonyl (C=O) groups excluding carboxylic acids is 5. The predicted octanol–water partition coefficient (Wildman–Crippen LogP) is 7.02. The number of amides is 1.